The van der Waals surface area contributed by atoms with E-state index >= 15 is 0 Å². The van der Waals surface area contributed by atoms with Gasteiger partial charge in [-0.05, 0) is 6.42 Å². The highest BCUT2D eigenvalue weighted by Gasteiger charge is 2.47. The molecule has 1 heterocycles. The molecule has 11 N–H and O–H groups in total. The van der Waals surface area contributed by atoms with Gasteiger partial charge in [0.15, 0.2) is 6.29 Å². The van der Waals surface area contributed by atoms with Crippen molar-refractivity contribution < 1.29 is 35.0 Å². The molecule has 1 saturated heterocycles. The smallest absolute Gasteiger partial charge is 0.176 e. The molecule has 0 aromatic carbocycles. The van der Waals surface area contributed by atoms with Crippen LogP contribution in [0.15, 0.2) is 0 Å². The molecular weight excluding hydrogens is 405 g/mol. The predicted molar refractivity (Wildman–Crippen MR) is 94.9 cm³/mol. The lowest BCUT2D eigenvalue weighted by Crippen LogP contribution is -2.67. The van der Waals surface area contributed by atoms with E-state index in [2.05, 4.69) is 0 Å². The Labute approximate surface area is 163 Å². The molecular formula is C12H28Cl3N3O7. The first kappa shape index (κ1) is 27.7. The fourth-order valence-electron chi connectivity index (χ4n) is 2.85. The summed E-state index contributed by atoms with van der Waals surface area (Å²) in [6.07, 6.45) is -8.36. The van der Waals surface area contributed by atoms with Gasteiger partial charge in [-0.2, -0.15) is 0 Å². The van der Waals surface area contributed by atoms with Crippen LogP contribution in [0.25, 0.3) is 0 Å². The number of hydrogen-bond acceptors (Lipinski definition) is 10. The monoisotopic (exact) mass is 431 g/mol. The Morgan fingerprint density at radius 2 is 1.40 bits per heavy atom. The molecule has 10 nitrogen and oxygen atoms in total. The number of nitrogens with two attached hydrogens (primary N) is 3. The molecule has 2 fully saturated rings. The number of aliphatic hydroxyl groups is 5. The molecule has 0 radical (unpaired) electrons. The number of halogens is 3. The van der Waals surface area contributed by atoms with Crippen LogP contribution < -0.4 is 17.2 Å². The third-order valence-electron chi connectivity index (χ3n) is 4.31. The minimum Gasteiger partial charge on any atom is -0.394 e. The van der Waals surface area contributed by atoms with Crippen molar-refractivity contribution in [3.63, 3.8) is 0 Å². The van der Waals surface area contributed by atoms with E-state index in [1.54, 1.807) is 0 Å². The third-order valence-corrected chi connectivity index (χ3v) is 4.31. The van der Waals surface area contributed by atoms with Crippen LogP contribution in [0.3, 0.4) is 0 Å². The van der Waals surface area contributed by atoms with Gasteiger partial charge >= 0.3 is 0 Å². The molecule has 10 unspecified atom stereocenters. The molecule has 154 valence electrons. The van der Waals surface area contributed by atoms with Gasteiger partial charge < -0.3 is 52.2 Å². The van der Waals surface area contributed by atoms with Gasteiger partial charge in [0.1, 0.15) is 30.5 Å². The fourth-order valence-corrected chi connectivity index (χ4v) is 2.85. The zero-order valence-corrected chi connectivity index (χ0v) is 15.6. The lowest BCUT2D eigenvalue weighted by Gasteiger charge is -2.45. The molecule has 1 aliphatic carbocycles. The number of aliphatic hydroxyl groups excluding tert-OH is 5. The molecule has 0 aromatic rings. The van der Waals surface area contributed by atoms with Crippen molar-refractivity contribution in [2.24, 2.45) is 17.2 Å². The molecule has 0 aromatic heterocycles. The topological polar surface area (TPSA) is 198 Å². The van der Waals surface area contributed by atoms with E-state index in [0.29, 0.717) is 0 Å². The molecule has 25 heavy (non-hydrogen) atoms. The first-order valence-corrected chi connectivity index (χ1v) is 7.18. The Morgan fingerprint density at radius 3 is 1.92 bits per heavy atom. The Kier molecular flexibility index (Phi) is 12.6. The van der Waals surface area contributed by atoms with Crippen LogP contribution in [0, 0.1) is 0 Å². The van der Waals surface area contributed by atoms with Crippen molar-refractivity contribution >= 4 is 37.2 Å². The Hall–Kier alpha value is 0.470. The third kappa shape index (κ3) is 5.72. The van der Waals surface area contributed by atoms with E-state index in [-0.39, 0.29) is 43.6 Å². The van der Waals surface area contributed by atoms with E-state index in [9.17, 15) is 20.4 Å². The van der Waals surface area contributed by atoms with Crippen LogP contribution in [0.2, 0.25) is 0 Å². The van der Waals surface area contributed by atoms with Gasteiger partial charge in [-0.25, -0.2) is 0 Å². The standard InChI is InChI=1S/C12H25N3O7.3ClH/c13-3-1-4(14)11(10(20)7(3)17)22-12-6(15)9(19)8(18)5(2-16)21-12;;;/h3-12,16-20H,1-2,13-15H2;3*1H. The second-order valence-electron chi connectivity index (χ2n) is 5.93. The van der Waals surface area contributed by atoms with Gasteiger partial charge in [0.25, 0.3) is 0 Å². The summed E-state index contributed by atoms with van der Waals surface area (Å²) in [5.41, 5.74) is 17.3. The van der Waals surface area contributed by atoms with Crippen LogP contribution >= 0.6 is 37.2 Å². The molecule has 1 saturated carbocycles. The zero-order valence-electron chi connectivity index (χ0n) is 13.2. The van der Waals surface area contributed by atoms with Gasteiger partial charge in [0, 0.05) is 12.1 Å². The molecule has 13 heteroatoms. The summed E-state index contributed by atoms with van der Waals surface area (Å²) >= 11 is 0. The van der Waals surface area contributed by atoms with Gasteiger partial charge in [-0.3, -0.25) is 0 Å². The van der Waals surface area contributed by atoms with Crippen molar-refractivity contribution in [1.82, 2.24) is 0 Å². The van der Waals surface area contributed by atoms with Crippen molar-refractivity contribution in [2.75, 3.05) is 6.61 Å². The molecule has 0 spiro atoms. The SMILES string of the molecule is Cl.Cl.Cl.NC1CC(N)C(OC2OC(CO)C(O)C(O)C2N)C(O)C1O. The van der Waals surface area contributed by atoms with Gasteiger partial charge in [0.05, 0.1) is 18.8 Å². The van der Waals surface area contributed by atoms with Crippen LogP contribution in [0.5, 0.6) is 0 Å². The summed E-state index contributed by atoms with van der Waals surface area (Å²) in [5.74, 6) is 0. The van der Waals surface area contributed by atoms with Gasteiger partial charge in [-0.1, -0.05) is 0 Å². The quantitative estimate of drug-likeness (QED) is 0.219. The highest BCUT2D eigenvalue weighted by Crippen LogP contribution is 2.27. The van der Waals surface area contributed by atoms with E-state index in [4.69, 9.17) is 31.8 Å². The van der Waals surface area contributed by atoms with E-state index < -0.39 is 67.6 Å². The van der Waals surface area contributed by atoms with E-state index in [1.807, 2.05) is 0 Å². The maximum atomic E-state index is 10.0. The Balaban J connectivity index is 0. The summed E-state index contributed by atoms with van der Waals surface area (Å²) in [5, 5.41) is 48.6. The largest absolute Gasteiger partial charge is 0.394 e. The zero-order chi connectivity index (χ0) is 16.6. The number of rotatable bonds is 3. The normalized spacial score (nSPS) is 47.0. The molecule has 10 atom stereocenters. The average Bonchev–Trinajstić information content (AvgIpc) is 2.49. The highest BCUT2D eigenvalue weighted by atomic mass is 35.5. The van der Waals surface area contributed by atoms with E-state index in [0.717, 1.165) is 0 Å². The first-order chi connectivity index (χ1) is 10.3. The highest BCUT2D eigenvalue weighted by molar-refractivity contribution is 5.86. The number of ether oxygens (including phenoxy) is 2. The summed E-state index contributed by atoms with van der Waals surface area (Å²) < 4.78 is 10.8. The molecule has 2 aliphatic rings. The van der Waals surface area contributed by atoms with Crippen molar-refractivity contribution in [3.05, 3.63) is 0 Å². The first-order valence-electron chi connectivity index (χ1n) is 7.18. The summed E-state index contributed by atoms with van der Waals surface area (Å²) in [7, 11) is 0. The Morgan fingerprint density at radius 1 is 0.840 bits per heavy atom. The van der Waals surface area contributed by atoms with Crippen molar-refractivity contribution in [3.8, 4) is 0 Å². The van der Waals surface area contributed by atoms with Crippen LogP contribution in [0.4, 0.5) is 0 Å². The maximum absolute atomic E-state index is 10.0. The number of hydrogen-bond donors (Lipinski definition) is 8. The van der Waals surface area contributed by atoms with Crippen molar-refractivity contribution in [2.45, 2.75) is 67.5 Å². The maximum Gasteiger partial charge on any atom is 0.176 e. The molecule has 0 bridgehead atoms. The second-order valence-corrected chi connectivity index (χ2v) is 5.93. The van der Waals surface area contributed by atoms with Gasteiger partial charge in [-0.15, -0.1) is 37.2 Å². The van der Waals surface area contributed by atoms with E-state index in [1.165, 1.54) is 0 Å². The minimum absolute atomic E-state index is 0. The minimum atomic E-state index is -1.37. The van der Waals surface area contributed by atoms with Gasteiger partial charge in [0.2, 0.25) is 0 Å². The lowest BCUT2D eigenvalue weighted by molar-refractivity contribution is -0.293. The van der Waals surface area contributed by atoms with Crippen LogP contribution in [0.1, 0.15) is 6.42 Å². The van der Waals surface area contributed by atoms with Crippen molar-refractivity contribution in [1.29, 1.82) is 0 Å². The summed E-state index contributed by atoms with van der Waals surface area (Å²) in [4.78, 5) is 0. The van der Waals surface area contributed by atoms with Crippen LogP contribution in [-0.4, -0.2) is 93.2 Å². The van der Waals surface area contributed by atoms with Crippen LogP contribution in [-0.2, 0) is 9.47 Å². The Bertz CT molecular complexity index is 388. The fraction of sp³-hybridized carbons (Fsp3) is 1.00. The lowest BCUT2D eigenvalue weighted by atomic mass is 9.84. The predicted octanol–water partition coefficient (Wildman–Crippen LogP) is -3.82. The summed E-state index contributed by atoms with van der Waals surface area (Å²) in [6.45, 7) is -0.544. The summed E-state index contributed by atoms with van der Waals surface area (Å²) in [6, 6.07) is -2.45. The molecule has 1 aliphatic heterocycles. The molecule has 2 rings (SSSR count). The average molecular weight is 433 g/mol. The molecule has 0 amide bonds. The second kappa shape index (κ2) is 11.3.